The summed E-state index contributed by atoms with van der Waals surface area (Å²) < 4.78 is 32.6. The van der Waals surface area contributed by atoms with Gasteiger partial charge in [-0.1, -0.05) is 19.9 Å². The second-order valence-corrected chi connectivity index (χ2v) is 10.2. The number of carbonyl (C=O) groups is 2. The summed E-state index contributed by atoms with van der Waals surface area (Å²) in [5.74, 6) is -1.000. The smallest absolute Gasteiger partial charge is 0.338 e. The van der Waals surface area contributed by atoms with E-state index in [4.69, 9.17) is 4.74 Å². The van der Waals surface area contributed by atoms with E-state index in [1.54, 1.807) is 0 Å². The average molecular weight is 476 g/mol. The SMILES string of the molecule is CC1CC(C)CN(S(=O)(=O)c2cccc(C(=O)OCC(=O)Nc3ccc([N+](=O)[O-])cc3)c2)C1. The molecule has 0 aliphatic carbocycles. The van der Waals surface area contributed by atoms with Crippen molar-refractivity contribution in [2.75, 3.05) is 25.0 Å². The van der Waals surface area contributed by atoms with Crippen LogP contribution in [-0.4, -0.2) is 49.2 Å². The second kappa shape index (κ2) is 10.1. The highest BCUT2D eigenvalue weighted by Gasteiger charge is 2.32. The topological polar surface area (TPSA) is 136 Å². The molecule has 1 saturated heterocycles. The average Bonchev–Trinajstić information content (AvgIpc) is 2.77. The zero-order valence-corrected chi connectivity index (χ0v) is 19.1. The van der Waals surface area contributed by atoms with Gasteiger partial charge in [0.15, 0.2) is 6.61 Å². The lowest BCUT2D eigenvalue weighted by atomic mass is 9.94. The summed E-state index contributed by atoms with van der Waals surface area (Å²) in [5.41, 5.74) is 0.194. The molecule has 0 bridgehead atoms. The molecule has 1 aliphatic heterocycles. The third-order valence-electron chi connectivity index (χ3n) is 5.24. The Balaban J connectivity index is 1.62. The molecule has 0 saturated carbocycles. The van der Waals surface area contributed by atoms with E-state index >= 15 is 0 Å². The summed E-state index contributed by atoms with van der Waals surface area (Å²) in [6, 6.07) is 10.7. The van der Waals surface area contributed by atoms with Crippen molar-refractivity contribution < 1.29 is 27.7 Å². The van der Waals surface area contributed by atoms with Crippen LogP contribution >= 0.6 is 0 Å². The van der Waals surface area contributed by atoms with Gasteiger partial charge >= 0.3 is 5.97 Å². The number of esters is 1. The van der Waals surface area contributed by atoms with E-state index in [1.165, 1.54) is 52.8 Å². The molecule has 33 heavy (non-hydrogen) atoms. The van der Waals surface area contributed by atoms with Crippen molar-refractivity contribution >= 4 is 33.3 Å². The number of amides is 1. The van der Waals surface area contributed by atoms with E-state index < -0.39 is 33.4 Å². The van der Waals surface area contributed by atoms with Crippen LogP contribution in [0.5, 0.6) is 0 Å². The Bertz CT molecular complexity index is 1140. The minimum Gasteiger partial charge on any atom is -0.452 e. The van der Waals surface area contributed by atoms with Crippen LogP contribution in [0.25, 0.3) is 0 Å². The van der Waals surface area contributed by atoms with Gasteiger partial charge in [-0.3, -0.25) is 14.9 Å². The first-order chi connectivity index (χ1) is 15.6. The minimum absolute atomic E-state index is 0.00594. The normalized spacial score (nSPS) is 19.0. The van der Waals surface area contributed by atoms with Gasteiger partial charge in [-0.15, -0.1) is 0 Å². The van der Waals surface area contributed by atoms with Crippen molar-refractivity contribution in [2.45, 2.75) is 25.2 Å². The monoisotopic (exact) mass is 475 g/mol. The number of carbonyl (C=O) groups excluding carboxylic acids is 2. The van der Waals surface area contributed by atoms with Crippen molar-refractivity contribution in [3.63, 3.8) is 0 Å². The summed E-state index contributed by atoms with van der Waals surface area (Å²) in [4.78, 5) is 34.5. The third kappa shape index (κ3) is 6.14. The van der Waals surface area contributed by atoms with Gasteiger partial charge in [0.2, 0.25) is 10.0 Å². The Morgan fingerprint density at radius 1 is 1.12 bits per heavy atom. The van der Waals surface area contributed by atoms with Crippen molar-refractivity contribution in [3.05, 3.63) is 64.2 Å². The Kier molecular flexibility index (Phi) is 7.44. The Labute approximate surface area is 191 Å². The Morgan fingerprint density at radius 2 is 1.76 bits per heavy atom. The molecule has 11 heteroatoms. The molecule has 2 aromatic rings. The fourth-order valence-electron chi connectivity index (χ4n) is 3.81. The molecule has 1 heterocycles. The lowest BCUT2D eigenvalue weighted by molar-refractivity contribution is -0.384. The van der Waals surface area contributed by atoms with Gasteiger partial charge in [0.1, 0.15) is 0 Å². The molecule has 2 aromatic carbocycles. The molecule has 1 N–H and O–H groups in total. The molecule has 3 rings (SSSR count). The summed E-state index contributed by atoms with van der Waals surface area (Å²) in [6.45, 7) is 4.25. The molecule has 10 nitrogen and oxygen atoms in total. The van der Waals surface area contributed by atoms with E-state index in [2.05, 4.69) is 5.32 Å². The van der Waals surface area contributed by atoms with Crippen LogP contribution in [0.2, 0.25) is 0 Å². The molecule has 1 fully saturated rings. The van der Waals surface area contributed by atoms with Gasteiger partial charge in [-0.05, 0) is 48.6 Å². The predicted octanol–water partition coefficient (Wildman–Crippen LogP) is 3.06. The van der Waals surface area contributed by atoms with Gasteiger partial charge in [-0.25, -0.2) is 13.2 Å². The number of nitrogens with one attached hydrogen (secondary N) is 1. The number of rotatable bonds is 7. The number of sulfonamides is 1. The predicted molar refractivity (Wildman–Crippen MR) is 120 cm³/mol. The number of benzene rings is 2. The maximum absolute atomic E-state index is 13.1. The fraction of sp³-hybridized carbons (Fsp3) is 0.364. The van der Waals surface area contributed by atoms with Gasteiger partial charge in [0.05, 0.1) is 15.4 Å². The summed E-state index contributed by atoms with van der Waals surface area (Å²) >= 11 is 0. The number of nitrogens with zero attached hydrogens (tertiary/aromatic N) is 2. The van der Waals surface area contributed by atoms with Crippen LogP contribution in [0.15, 0.2) is 53.4 Å². The quantitative estimate of drug-likeness (QED) is 0.369. The van der Waals surface area contributed by atoms with Crippen LogP contribution in [0.4, 0.5) is 11.4 Å². The maximum Gasteiger partial charge on any atom is 0.338 e. The van der Waals surface area contributed by atoms with E-state index in [9.17, 15) is 28.1 Å². The van der Waals surface area contributed by atoms with E-state index in [-0.39, 0.29) is 28.0 Å². The molecule has 0 radical (unpaired) electrons. The van der Waals surface area contributed by atoms with Gasteiger partial charge in [0.25, 0.3) is 11.6 Å². The molecule has 2 unspecified atom stereocenters. The molecule has 0 spiro atoms. The maximum atomic E-state index is 13.1. The molecule has 2 atom stereocenters. The van der Waals surface area contributed by atoms with E-state index in [0.717, 1.165) is 6.42 Å². The number of hydrogen-bond acceptors (Lipinski definition) is 7. The number of piperidine rings is 1. The summed E-state index contributed by atoms with van der Waals surface area (Å²) in [6.07, 6.45) is 0.959. The van der Waals surface area contributed by atoms with Gasteiger partial charge < -0.3 is 10.1 Å². The molecule has 1 aliphatic rings. The molecule has 0 aromatic heterocycles. The van der Waals surface area contributed by atoms with Crippen LogP contribution < -0.4 is 5.32 Å². The van der Waals surface area contributed by atoms with Crippen molar-refractivity contribution in [3.8, 4) is 0 Å². The minimum atomic E-state index is -3.77. The lowest BCUT2D eigenvalue weighted by Crippen LogP contribution is -2.42. The first kappa shape index (κ1) is 24.3. The molecular weight excluding hydrogens is 450 g/mol. The summed E-state index contributed by atoms with van der Waals surface area (Å²) in [5, 5.41) is 13.1. The number of nitro benzene ring substituents is 1. The van der Waals surface area contributed by atoms with Crippen molar-refractivity contribution in [2.24, 2.45) is 11.8 Å². The third-order valence-corrected chi connectivity index (χ3v) is 7.07. The van der Waals surface area contributed by atoms with E-state index in [0.29, 0.717) is 18.8 Å². The van der Waals surface area contributed by atoms with Crippen LogP contribution in [0.1, 0.15) is 30.6 Å². The number of non-ortho nitro benzene ring substituents is 1. The number of nitro groups is 1. The largest absolute Gasteiger partial charge is 0.452 e. The van der Waals surface area contributed by atoms with Crippen molar-refractivity contribution in [1.29, 1.82) is 0 Å². The van der Waals surface area contributed by atoms with Gasteiger partial charge in [-0.2, -0.15) is 4.31 Å². The highest BCUT2D eigenvalue weighted by molar-refractivity contribution is 7.89. The Hall–Kier alpha value is -3.31. The van der Waals surface area contributed by atoms with Crippen LogP contribution in [0.3, 0.4) is 0 Å². The van der Waals surface area contributed by atoms with E-state index in [1.807, 2.05) is 13.8 Å². The number of hydrogen-bond donors (Lipinski definition) is 1. The van der Waals surface area contributed by atoms with Crippen molar-refractivity contribution in [1.82, 2.24) is 4.31 Å². The zero-order valence-electron chi connectivity index (χ0n) is 18.3. The Morgan fingerprint density at radius 3 is 2.36 bits per heavy atom. The molecule has 176 valence electrons. The van der Waals surface area contributed by atoms with Crippen LogP contribution in [-0.2, 0) is 19.6 Å². The zero-order chi connectivity index (χ0) is 24.2. The highest BCUT2D eigenvalue weighted by Crippen LogP contribution is 2.27. The number of ether oxygens (including phenoxy) is 1. The van der Waals surface area contributed by atoms with Gasteiger partial charge in [0, 0.05) is 30.9 Å². The second-order valence-electron chi connectivity index (χ2n) is 8.22. The number of anilines is 1. The lowest BCUT2D eigenvalue weighted by Gasteiger charge is -2.34. The first-order valence-electron chi connectivity index (χ1n) is 10.4. The first-order valence-corrected chi connectivity index (χ1v) is 11.8. The van der Waals surface area contributed by atoms with Crippen LogP contribution in [0, 0.1) is 22.0 Å². The highest BCUT2D eigenvalue weighted by atomic mass is 32.2. The standard InChI is InChI=1S/C22H25N3O7S/c1-15-10-16(2)13-24(12-15)33(30,31)20-5-3-4-17(11-20)22(27)32-14-21(26)23-18-6-8-19(9-7-18)25(28)29/h3-9,11,15-16H,10,12-14H2,1-2H3,(H,23,26). The molecular formula is C22H25N3O7S. The summed E-state index contributed by atoms with van der Waals surface area (Å²) in [7, 11) is -3.77. The fourth-order valence-corrected chi connectivity index (χ4v) is 5.54. The molecule has 1 amide bonds.